The largest absolute Gasteiger partial charge is 0.354 e. The van der Waals surface area contributed by atoms with Gasteiger partial charge in [-0.3, -0.25) is 18.6 Å². The van der Waals surface area contributed by atoms with Crippen molar-refractivity contribution in [2.24, 2.45) is 0 Å². The number of para-hydroxylation sites is 1. The number of amides is 1. The number of pyridine rings is 1. The van der Waals surface area contributed by atoms with Gasteiger partial charge in [0.1, 0.15) is 12.4 Å². The Kier molecular flexibility index (Phi) is 4.14. The molecule has 1 amide bonds. The molecule has 4 aromatic rings. The lowest BCUT2D eigenvalue weighted by atomic mass is 10.2. The minimum absolute atomic E-state index is 0.0722. The van der Waals surface area contributed by atoms with Crippen molar-refractivity contribution < 1.29 is 4.79 Å². The molecule has 4 rings (SSSR count). The molecule has 0 unspecified atom stereocenters. The van der Waals surface area contributed by atoms with Gasteiger partial charge >= 0.3 is 0 Å². The molecule has 0 saturated heterocycles. The summed E-state index contributed by atoms with van der Waals surface area (Å²) in [7, 11) is 0. The maximum Gasteiger partial charge on any atom is 0.261 e. The van der Waals surface area contributed by atoms with Crippen LogP contribution in [0.2, 0.25) is 0 Å². The van der Waals surface area contributed by atoms with E-state index in [0.29, 0.717) is 23.9 Å². The lowest BCUT2D eigenvalue weighted by Gasteiger charge is -2.07. The van der Waals surface area contributed by atoms with E-state index in [4.69, 9.17) is 0 Å². The Labute approximate surface area is 148 Å². The van der Waals surface area contributed by atoms with Gasteiger partial charge in [0.15, 0.2) is 5.65 Å². The van der Waals surface area contributed by atoms with Gasteiger partial charge in [0.05, 0.1) is 17.2 Å². The number of rotatable bonds is 5. The summed E-state index contributed by atoms with van der Waals surface area (Å²) in [5, 5.41) is 11.5. The summed E-state index contributed by atoms with van der Waals surface area (Å²) in [5.74, 6) is 0.517. The van der Waals surface area contributed by atoms with Gasteiger partial charge in [0.2, 0.25) is 5.91 Å². The molecule has 0 fully saturated rings. The van der Waals surface area contributed by atoms with Crippen LogP contribution in [0.5, 0.6) is 0 Å². The Morgan fingerprint density at radius 1 is 1.08 bits per heavy atom. The molecule has 3 heterocycles. The molecule has 1 aromatic carbocycles. The summed E-state index contributed by atoms with van der Waals surface area (Å²) in [5.41, 5.74) is 1.16. The lowest BCUT2D eigenvalue weighted by Crippen LogP contribution is -2.33. The van der Waals surface area contributed by atoms with Crippen LogP contribution < -0.4 is 10.9 Å². The molecule has 0 saturated carbocycles. The van der Waals surface area contributed by atoms with Crippen molar-refractivity contribution in [3.05, 3.63) is 71.2 Å². The molecule has 8 nitrogen and oxygen atoms in total. The van der Waals surface area contributed by atoms with Gasteiger partial charge < -0.3 is 5.32 Å². The zero-order chi connectivity index (χ0) is 17.9. The van der Waals surface area contributed by atoms with Crippen LogP contribution in [0.4, 0.5) is 0 Å². The minimum atomic E-state index is -0.252. The first-order valence-electron chi connectivity index (χ1n) is 8.22. The first kappa shape index (κ1) is 15.9. The summed E-state index contributed by atoms with van der Waals surface area (Å²) in [6.45, 7) is 0.335. The topological polar surface area (TPSA) is 94.2 Å². The number of hydrogen-bond acceptors (Lipinski definition) is 5. The molecule has 0 bridgehead atoms. The second kappa shape index (κ2) is 6.75. The predicted octanol–water partition coefficient (Wildman–Crippen LogP) is 0.798. The first-order chi connectivity index (χ1) is 12.7. The third-order valence-corrected chi connectivity index (χ3v) is 4.10. The highest BCUT2D eigenvalue weighted by molar-refractivity contribution is 5.78. The minimum Gasteiger partial charge on any atom is -0.354 e. The molecule has 3 aromatic heterocycles. The Bertz CT molecular complexity index is 1150. The third-order valence-electron chi connectivity index (χ3n) is 4.10. The predicted molar refractivity (Wildman–Crippen MR) is 95.7 cm³/mol. The van der Waals surface area contributed by atoms with Crippen molar-refractivity contribution in [2.45, 2.75) is 13.0 Å². The highest BCUT2D eigenvalue weighted by Crippen LogP contribution is 2.05. The van der Waals surface area contributed by atoms with Crippen molar-refractivity contribution in [1.29, 1.82) is 0 Å². The van der Waals surface area contributed by atoms with E-state index in [0.717, 1.165) is 11.5 Å². The van der Waals surface area contributed by atoms with Crippen molar-refractivity contribution in [3.8, 4) is 0 Å². The number of fused-ring (bicyclic) bond motifs is 2. The molecule has 0 atom stereocenters. The fourth-order valence-corrected chi connectivity index (χ4v) is 2.80. The Hall–Kier alpha value is -3.55. The number of aromatic nitrogens is 5. The van der Waals surface area contributed by atoms with Gasteiger partial charge in [0.25, 0.3) is 5.56 Å². The second-order valence-electron chi connectivity index (χ2n) is 5.84. The van der Waals surface area contributed by atoms with E-state index in [1.165, 1.54) is 10.9 Å². The molecule has 0 aliphatic rings. The molecule has 0 radical (unpaired) electrons. The fraction of sp³-hybridized carbons (Fsp3) is 0.167. The van der Waals surface area contributed by atoms with E-state index in [-0.39, 0.29) is 18.0 Å². The zero-order valence-electron chi connectivity index (χ0n) is 13.9. The summed E-state index contributed by atoms with van der Waals surface area (Å²) < 4.78 is 3.19. The summed E-state index contributed by atoms with van der Waals surface area (Å²) in [4.78, 5) is 28.8. The lowest BCUT2D eigenvalue weighted by molar-refractivity contribution is -0.121. The van der Waals surface area contributed by atoms with Crippen molar-refractivity contribution in [2.75, 3.05) is 6.54 Å². The third kappa shape index (κ3) is 3.04. The van der Waals surface area contributed by atoms with Crippen LogP contribution >= 0.6 is 0 Å². The Morgan fingerprint density at radius 2 is 1.92 bits per heavy atom. The summed E-state index contributed by atoms with van der Waals surface area (Å²) in [6, 6.07) is 12.7. The van der Waals surface area contributed by atoms with Crippen LogP contribution in [-0.4, -0.2) is 36.6 Å². The van der Waals surface area contributed by atoms with Gasteiger partial charge in [-0.1, -0.05) is 18.2 Å². The standard InChI is InChI=1S/C18H16N6O2/c25-17(11-23-12-20-14-6-2-1-5-13(14)18(23)26)19-9-8-16-22-21-15-7-3-4-10-24(15)16/h1-7,10,12H,8-9,11H2,(H,19,25). The van der Waals surface area contributed by atoms with E-state index in [1.54, 1.807) is 18.2 Å². The molecule has 0 spiro atoms. The molecule has 8 heteroatoms. The van der Waals surface area contributed by atoms with Gasteiger partial charge in [-0.2, -0.15) is 0 Å². The van der Waals surface area contributed by atoms with Gasteiger partial charge in [-0.25, -0.2) is 4.98 Å². The number of nitrogens with one attached hydrogen (secondary N) is 1. The van der Waals surface area contributed by atoms with Crippen LogP contribution in [0.1, 0.15) is 5.82 Å². The summed E-state index contributed by atoms with van der Waals surface area (Å²) in [6.07, 6.45) is 3.82. The number of nitrogens with zero attached hydrogens (tertiary/aromatic N) is 5. The number of benzene rings is 1. The SMILES string of the molecule is O=C(Cn1cnc2ccccc2c1=O)NCCc1nnc2ccccn12. The quantitative estimate of drug-likeness (QED) is 0.576. The zero-order valence-corrected chi connectivity index (χ0v) is 13.9. The van der Waals surface area contributed by atoms with Crippen molar-refractivity contribution in [3.63, 3.8) is 0 Å². The van der Waals surface area contributed by atoms with Crippen LogP contribution in [0.25, 0.3) is 16.6 Å². The van der Waals surface area contributed by atoms with E-state index in [2.05, 4.69) is 20.5 Å². The van der Waals surface area contributed by atoms with E-state index in [1.807, 2.05) is 34.9 Å². The van der Waals surface area contributed by atoms with E-state index in [9.17, 15) is 9.59 Å². The van der Waals surface area contributed by atoms with Crippen molar-refractivity contribution in [1.82, 2.24) is 29.5 Å². The smallest absolute Gasteiger partial charge is 0.261 e. The second-order valence-corrected chi connectivity index (χ2v) is 5.84. The van der Waals surface area contributed by atoms with Gasteiger partial charge in [-0.05, 0) is 24.3 Å². The van der Waals surface area contributed by atoms with Crippen LogP contribution in [0.3, 0.4) is 0 Å². The van der Waals surface area contributed by atoms with Gasteiger partial charge in [0, 0.05) is 19.2 Å². The average Bonchev–Trinajstić information content (AvgIpc) is 3.08. The van der Waals surface area contributed by atoms with Crippen molar-refractivity contribution >= 4 is 22.5 Å². The van der Waals surface area contributed by atoms with E-state index < -0.39 is 0 Å². The molecule has 130 valence electrons. The number of carbonyl (C=O) groups is 1. The average molecular weight is 348 g/mol. The highest BCUT2D eigenvalue weighted by atomic mass is 16.2. The van der Waals surface area contributed by atoms with Crippen LogP contribution in [-0.2, 0) is 17.8 Å². The fourth-order valence-electron chi connectivity index (χ4n) is 2.80. The van der Waals surface area contributed by atoms with E-state index >= 15 is 0 Å². The molecule has 0 aliphatic carbocycles. The molecular formula is C18H16N6O2. The number of carbonyl (C=O) groups excluding carboxylic acids is 1. The Balaban J connectivity index is 1.40. The van der Waals surface area contributed by atoms with Gasteiger partial charge in [-0.15, -0.1) is 10.2 Å². The first-order valence-corrected chi connectivity index (χ1v) is 8.22. The molecule has 26 heavy (non-hydrogen) atoms. The normalized spacial score (nSPS) is 11.1. The number of hydrogen-bond donors (Lipinski definition) is 1. The van der Waals surface area contributed by atoms with Crippen LogP contribution in [0, 0.1) is 0 Å². The molecule has 1 N–H and O–H groups in total. The Morgan fingerprint density at radius 3 is 2.85 bits per heavy atom. The molecular weight excluding hydrogens is 332 g/mol. The maximum atomic E-state index is 12.4. The summed E-state index contributed by atoms with van der Waals surface area (Å²) >= 11 is 0. The maximum absolute atomic E-state index is 12.4. The van der Waals surface area contributed by atoms with Crippen LogP contribution in [0.15, 0.2) is 59.8 Å². The monoisotopic (exact) mass is 348 g/mol. The highest BCUT2D eigenvalue weighted by Gasteiger charge is 2.09. The molecule has 0 aliphatic heterocycles.